The second-order valence-electron chi connectivity index (χ2n) is 6.49. The molecule has 6 heteroatoms. The van der Waals surface area contributed by atoms with Crippen LogP contribution in [-0.2, 0) is 9.63 Å². The first-order valence-electron chi connectivity index (χ1n) is 8.93. The van der Waals surface area contributed by atoms with E-state index in [2.05, 4.69) is 12.1 Å². The summed E-state index contributed by atoms with van der Waals surface area (Å²) in [5.41, 5.74) is 1.53. The Kier molecular flexibility index (Phi) is 5.46. The van der Waals surface area contributed by atoms with Crippen molar-refractivity contribution in [2.24, 2.45) is 5.16 Å². The van der Waals surface area contributed by atoms with Crippen molar-refractivity contribution in [2.75, 3.05) is 20.8 Å². The van der Waals surface area contributed by atoms with Crippen molar-refractivity contribution >= 4 is 11.6 Å². The zero-order valence-corrected chi connectivity index (χ0v) is 15.2. The van der Waals surface area contributed by atoms with Gasteiger partial charge in [0.05, 0.1) is 19.9 Å². The first kappa shape index (κ1) is 17.6. The molecule has 6 nitrogen and oxygen atoms in total. The molecule has 3 rings (SSSR count). The molecule has 0 bridgehead atoms. The number of methoxy groups -OCH3 is 2. The van der Waals surface area contributed by atoms with Gasteiger partial charge in [0.2, 0.25) is 6.10 Å². The van der Waals surface area contributed by atoms with E-state index in [0.717, 1.165) is 42.8 Å². The van der Waals surface area contributed by atoms with Crippen LogP contribution in [-0.4, -0.2) is 49.4 Å². The van der Waals surface area contributed by atoms with E-state index < -0.39 is 6.10 Å². The van der Waals surface area contributed by atoms with Gasteiger partial charge in [-0.05, 0) is 43.9 Å². The molecule has 1 aromatic carbocycles. The average molecular weight is 346 g/mol. The monoisotopic (exact) mass is 346 g/mol. The second-order valence-corrected chi connectivity index (χ2v) is 6.49. The Morgan fingerprint density at radius 1 is 1.32 bits per heavy atom. The maximum absolute atomic E-state index is 12.9. The molecule has 0 saturated carbocycles. The van der Waals surface area contributed by atoms with Crippen LogP contribution < -0.4 is 9.47 Å². The summed E-state index contributed by atoms with van der Waals surface area (Å²) in [4.78, 5) is 20.4. The summed E-state index contributed by atoms with van der Waals surface area (Å²) in [7, 11) is 3.23. The molecule has 0 aromatic heterocycles. The van der Waals surface area contributed by atoms with Gasteiger partial charge in [0, 0.05) is 24.6 Å². The summed E-state index contributed by atoms with van der Waals surface area (Å²) in [6.45, 7) is 2.95. The number of likely N-dealkylation sites (tertiary alicyclic amines) is 1. The highest BCUT2D eigenvalue weighted by atomic mass is 16.6. The zero-order valence-electron chi connectivity index (χ0n) is 15.2. The molecule has 1 amide bonds. The normalized spacial score (nSPS) is 23.0. The lowest BCUT2D eigenvalue weighted by atomic mass is 9.97. The maximum atomic E-state index is 12.9. The Morgan fingerprint density at radius 2 is 2.16 bits per heavy atom. The Morgan fingerprint density at radius 3 is 2.88 bits per heavy atom. The van der Waals surface area contributed by atoms with Crippen molar-refractivity contribution in [1.29, 1.82) is 0 Å². The molecule has 0 spiro atoms. The fourth-order valence-electron chi connectivity index (χ4n) is 3.61. The predicted octanol–water partition coefficient (Wildman–Crippen LogP) is 2.99. The van der Waals surface area contributed by atoms with Crippen molar-refractivity contribution in [3.8, 4) is 11.5 Å². The minimum absolute atomic E-state index is 0.0483. The molecule has 1 saturated heterocycles. The lowest BCUT2D eigenvalue weighted by Gasteiger charge is -2.36. The van der Waals surface area contributed by atoms with Crippen molar-refractivity contribution < 1.29 is 19.1 Å². The van der Waals surface area contributed by atoms with E-state index in [1.165, 1.54) is 6.42 Å². The van der Waals surface area contributed by atoms with Gasteiger partial charge in [-0.1, -0.05) is 12.1 Å². The third-order valence-electron chi connectivity index (χ3n) is 5.04. The molecule has 25 heavy (non-hydrogen) atoms. The molecule has 0 radical (unpaired) electrons. The first-order valence-corrected chi connectivity index (χ1v) is 8.93. The second kappa shape index (κ2) is 7.76. The molecule has 2 heterocycles. The largest absolute Gasteiger partial charge is 0.497 e. The first-order chi connectivity index (χ1) is 12.2. The Labute approximate surface area is 148 Å². The number of benzene rings is 1. The van der Waals surface area contributed by atoms with Gasteiger partial charge in [-0.25, -0.2) is 0 Å². The molecule has 2 unspecified atom stereocenters. The predicted molar refractivity (Wildman–Crippen MR) is 95.2 cm³/mol. The molecule has 2 aliphatic heterocycles. The number of carbonyl (C=O) groups excluding carboxylic acids is 1. The molecule has 0 aliphatic carbocycles. The van der Waals surface area contributed by atoms with Crippen molar-refractivity contribution in [2.45, 2.75) is 51.2 Å². The van der Waals surface area contributed by atoms with Crippen LogP contribution in [0.3, 0.4) is 0 Å². The summed E-state index contributed by atoms with van der Waals surface area (Å²) in [6, 6.07) is 5.86. The molecule has 2 aliphatic rings. The van der Waals surface area contributed by atoms with Crippen molar-refractivity contribution in [3.63, 3.8) is 0 Å². The molecular weight excluding hydrogens is 320 g/mol. The quantitative estimate of drug-likeness (QED) is 0.822. The van der Waals surface area contributed by atoms with E-state index in [1.807, 2.05) is 23.1 Å². The molecule has 2 atom stereocenters. The Balaban J connectivity index is 1.74. The average Bonchev–Trinajstić information content (AvgIpc) is 3.16. The van der Waals surface area contributed by atoms with Crippen LogP contribution in [0.25, 0.3) is 0 Å². The molecule has 136 valence electrons. The van der Waals surface area contributed by atoms with E-state index in [9.17, 15) is 4.79 Å². The van der Waals surface area contributed by atoms with Gasteiger partial charge in [-0.15, -0.1) is 0 Å². The number of amides is 1. The zero-order chi connectivity index (χ0) is 17.8. The van der Waals surface area contributed by atoms with Gasteiger partial charge in [0.1, 0.15) is 11.5 Å². The summed E-state index contributed by atoms with van der Waals surface area (Å²) in [5, 5.41) is 4.17. The van der Waals surface area contributed by atoms with Crippen molar-refractivity contribution in [3.05, 3.63) is 23.8 Å². The summed E-state index contributed by atoms with van der Waals surface area (Å²) < 4.78 is 10.7. The Bertz CT molecular complexity index is 659. The number of ether oxygens (including phenoxy) is 2. The fourth-order valence-corrected chi connectivity index (χ4v) is 3.61. The van der Waals surface area contributed by atoms with Gasteiger partial charge in [-0.2, -0.15) is 0 Å². The highest BCUT2D eigenvalue weighted by Crippen LogP contribution is 2.30. The van der Waals surface area contributed by atoms with Crippen LogP contribution in [0.5, 0.6) is 11.5 Å². The van der Waals surface area contributed by atoms with Gasteiger partial charge in [0.15, 0.2) is 0 Å². The number of nitrogens with zero attached hydrogens (tertiary/aromatic N) is 2. The van der Waals surface area contributed by atoms with E-state index in [0.29, 0.717) is 18.2 Å². The van der Waals surface area contributed by atoms with E-state index in [-0.39, 0.29) is 5.91 Å². The van der Waals surface area contributed by atoms with Crippen LogP contribution in [0, 0.1) is 0 Å². The maximum Gasteiger partial charge on any atom is 0.267 e. The number of hydrogen-bond acceptors (Lipinski definition) is 5. The summed E-state index contributed by atoms with van der Waals surface area (Å²) >= 11 is 0. The number of rotatable bonds is 5. The number of carbonyl (C=O) groups is 1. The minimum atomic E-state index is -0.543. The number of piperidine rings is 1. The van der Waals surface area contributed by atoms with Gasteiger partial charge in [0.25, 0.3) is 5.91 Å². The van der Waals surface area contributed by atoms with Crippen LogP contribution in [0.2, 0.25) is 0 Å². The summed E-state index contributed by atoms with van der Waals surface area (Å²) in [6.07, 6.45) is 4.22. The highest BCUT2D eigenvalue weighted by molar-refractivity contribution is 6.06. The van der Waals surface area contributed by atoms with Crippen LogP contribution >= 0.6 is 0 Å². The van der Waals surface area contributed by atoms with Crippen molar-refractivity contribution in [1.82, 2.24) is 4.90 Å². The SMILES string of the molecule is CCC1CCCCN1C(=O)C1CC(c2cc(OC)ccc2OC)=NO1. The summed E-state index contributed by atoms with van der Waals surface area (Å²) in [5.74, 6) is 1.46. The third-order valence-corrected chi connectivity index (χ3v) is 5.04. The highest BCUT2D eigenvalue weighted by Gasteiger charge is 2.36. The van der Waals surface area contributed by atoms with E-state index in [4.69, 9.17) is 14.3 Å². The van der Waals surface area contributed by atoms with Gasteiger partial charge < -0.3 is 19.2 Å². The smallest absolute Gasteiger partial charge is 0.267 e. The minimum Gasteiger partial charge on any atom is -0.497 e. The lowest BCUT2D eigenvalue weighted by molar-refractivity contribution is -0.146. The fraction of sp³-hybridized carbons (Fsp3) is 0.579. The lowest BCUT2D eigenvalue weighted by Crippen LogP contribution is -2.48. The number of hydrogen-bond donors (Lipinski definition) is 0. The molecule has 1 fully saturated rings. The van der Waals surface area contributed by atoms with E-state index >= 15 is 0 Å². The van der Waals surface area contributed by atoms with Gasteiger partial charge in [-0.3, -0.25) is 4.79 Å². The van der Waals surface area contributed by atoms with Crippen LogP contribution in [0.4, 0.5) is 0 Å². The third kappa shape index (κ3) is 3.57. The van der Waals surface area contributed by atoms with Crippen LogP contribution in [0.15, 0.2) is 23.4 Å². The molecular formula is C19H26N2O4. The van der Waals surface area contributed by atoms with Crippen LogP contribution in [0.1, 0.15) is 44.6 Å². The Hall–Kier alpha value is -2.24. The number of oxime groups is 1. The molecule has 0 N–H and O–H groups in total. The topological polar surface area (TPSA) is 60.4 Å². The molecule has 1 aromatic rings. The van der Waals surface area contributed by atoms with Gasteiger partial charge >= 0.3 is 0 Å². The standard InChI is InChI=1S/C19H26N2O4/c1-4-13-7-5-6-10-21(13)19(22)18-12-16(20-25-18)15-11-14(23-2)8-9-17(15)24-3/h8-9,11,13,18H,4-7,10,12H2,1-3H3. The van der Waals surface area contributed by atoms with E-state index in [1.54, 1.807) is 14.2 Å².